The van der Waals surface area contributed by atoms with Crippen LogP contribution in [0.1, 0.15) is 22.3 Å². The van der Waals surface area contributed by atoms with E-state index in [-0.39, 0.29) is 0 Å². The minimum Gasteiger partial charge on any atom is -0.309 e. The van der Waals surface area contributed by atoms with E-state index in [0.717, 1.165) is 78.2 Å². The quantitative estimate of drug-likeness (QED) is 0.156. The van der Waals surface area contributed by atoms with Crippen molar-refractivity contribution in [2.45, 2.75) is 0 Å². The topological polar surface area (TPSA) is 34.0 Å². The molecule has 10 aromatic carbocycles. The fourth-order valence-electron chi connectivity index (χ4n) is 9.17. The highest BCUT2D eigenvalue weighted by Gasteiger charge is 2.22. The third kappa shape index (κ3) is 7.46. The van der Waals surface area contributed by atoms with Gasteiger partial charge >= 0.3 is 0 Å². The van der Waals surface area contributed by atoms with Gasteiger partial charge in [-0.15, -0.1) is 0 Å². The summed E-state index contributed by atoms with van der Waals surface area (Å²) in [5.74, 6) is 13.3. The Morgan fingerprint density at radius 2 is 0.896 bits per heavy atom. The smallest absolute Gasteiger partial charge is 0.129 e. The largest absolute Gasteiger partial charge is 0.309 e. The van der Waals surface area contributed by atoms with Crippen LogP contribution in [-0.4, -0.2) is 13.3 Å². The lowest BCUT2D eigenvalue weighted by Crippen LogP contribution is -2.10. The summed E-state index contributed by atoms with van der Waals surface area (Å²) >= 11 is 1.24. The normalized spacial score (nSPS) is 11.0. The van der Waals surface area contributed by atoms with Crippen LogP contribution in [0.15, 0.2) is 231 Å². The summed E-state index contributed by atoms with van der Waals surface area (Å²) in [5, 5.41) is 4.81. The number of fused-ring (bicyclic) bond motifs is 5. The van der Waals surface area contributed by atoms with E-state index < -0.39 is 0 Å². The minimum absolute atomic E-state index is 0.825. The molecule has 0 amide bonds. The molecular weight excluding hydrogens is 833 g/mol. The molecule has 0 fully saturated rings. The molecule has 0 unspecified atom stereocenters. The average Bonchev–Trinajstić information content (AvgIpc) is 4.03. The Morgan fingerprint density at radius 1 is 0.358 bits per heavy atom. The standard InChI is InChI=1S/C62H38N4S/c1-4-14-43(15-5-1)26-28-45-30-35-49(36-31-45)65(50-37-32-46(33-38-50)29-27-44-16-6-2-7-17-44)59-41-40-52(61-62(59)64-67-63-61)48-34-39-56-55-20-10-11-24-57(55)66(60(56)42-48)58-25-13-22-53-51(21-12-23-54(53)58)47-18-8-3-9-19-47/h1-25,30-42H. The Kier molecular flexibility index (Phi) is 10.1. The summed E-state index contributed by atoms with van der Waals surface area (Å²) in [6, 6.07) is 80.8. The molecule has 0 saturated heterocycles. The minimum atomic E-state index is 0.825. The highest BCUT2D eigenvalue weighted by molar-refractivity contribution is 7.00. The summed E-state index contributed by atoms with van der Waals surface area (Å²) < 4.78 is 12.4. The number of rotatable bonds is 6. The lowest BCUT2D eigenvalue weighted by molar-refractivity contribution is 1.20. The number of benzene rings is 10. The lowest BCUT2D eigenvalue weighted by Gasteiger charge is -2.26. The van der Waals surface area contributed by atoms with Crippen LogP contribution in [-0.2, 0) is 0 Å². The molecule has 12 aromatic rings. The van der Waals surface area contributed by atoms with Gasteiger partial charge in [-0.05, 0) is 125 Å². The second-order valence-electron chi connectivity index (χ2n) is 16.4. The molecule has 67 heavy (non-hydrogen) atoms. The van der Waals surface area contributed by atoms with Crippen LogP contribution in [0.2, 0.25) is 0 Å². The van der Waals surface area contributed by atoms with Crippen molar-refractivity contribution in [1.82, 2.24) is 13.3 Å². The first kappa shape index (κ1) is 39.6. The van der Waals surface area contributed by atoms with E-state index in [9.17, 15) is 0 Å². The molecule has 0 aliphatic rings. The van der Waals surface area contributed by atoms with Crippen molar-refractivity contribution in [2.75, 3.05) is 4.90 Å². The Labute approximate surface area is 393 Å². The SMILES string of the molecule is C(#Cc1ccc(N(c2ccc(C#Cc3ccccc3)cc2)c2ccc(-c3ccc4c5ccccc5n(-c5cccc6c(-c7ccccc7)cccc56)c4c3)c3nsnc23)cc1)c1ccccc1. The van der Waals surface area contributed by atoms with E-state index in [2.05, 4.69) is 203 Å². The van der Waals surface area contributed by atoms with Crippen LogP contribution in [0.4, 0.5) is 17.1 Å². The lowest BCUT2D eigenvalue weighted by atomic mass is 9.97. The van der Waals surface area contributed by atoms with E-state index in [1.54, 1.807) is 0 Å². The molecule has 12 rings (SSSR count). The Hall–Kier alpha value is -9.00. The molecule has 0 bridgehead atoms. The van der Waals surface area contributed by atoms with Crippen molar-refractivity contribution in [3.8, 4) is 51.6 Å². The monoisotopic (exact) mass is 870 g/mol. The molecule has 0 atom stereocenters. The highest BCUT2D eigenvalue weighted by atomic mass is 32.1. The van der Waals surface area contributed by atoms with E-state index in [1.807, 2.05) is 60.7 Å². The van der Waals surface area contributed by atoms with Gasteiger partial charge in [0.15, 0.2) is 0 Å². The summed E-state index contributed by atoms with van der Waals surface area (Å²) in [4.78, 5) is 2.25. The van der Waals surface area contributed by atoms with E-state index in [4.69, 9.17) is 8.75 Å². The van der Waals surface area contributed by atoms with Gasteiger partial charge in [-0.1, -0.05) is 151 Å². The zero-order valence-electron chi connectivity index (χ0n) is 36.1. The first-order valence-electron chi connectivity index (χ1n) is 22.2. The molecule has 0 saturated carbocycles. The molecule has 5 heteroatoms. The number of hydrogen-bond acceptors (Lipinski definition) is 4. The van der Waals surface area contributed by atoms with Gasteiger partial charge in [-0.2, -0.15) is 8.75 Å². The molecule has 4 nitrogen and oxygen atoms in total. The van der Waals surface area contributed by atoms with Crippen LogP contribution < -0.4 is 4.90 Å². The van der Waals surface area contributed by atoms with Gasteiger partial charge in [0.25, 0.3) is 0 Å². The first-order chi connectivity index (χ1) is 33.2. The first-order valence-corrected chi connectivity index (χ1v) is 23.0. The van der Waals surface area contributed by atoms with Gasteiger partial charge in [0.05, 0.1) is 34.1 Å². The molecule has 0 aliphatic heterocycles. The third-order valence-corrected chi connectivity index (χ3v) is 12.9. The molecule has 312 valence electrons. The van der Waals surface area contributed by atoms with Crippen LogP contribution in [0.25, 0.3) is 71.6 Å². The molecule has 0 spiro atoms. The number of anilines is 3. The third-order valence-electron chi connectivity index (χ3n) is 12.3. The maximum Gasteiger partial charge on any atom is 0.129 e. The van der Waals surface area contributed by atoms with Crippen molar-refractivity contribution in [1.29, 1.82) is 0 Å². The maximum absolute atomic E-state index is 5.01. The van der Waals surface area contributed by atoms with Gasteiger partial charge in [-0.3, -0.25) is 0 Å². The molecule has 2 aromatic heterocycles. The fraction of sp³-hybridized carbons (Fsp3) is 0. The van der Waals surface area contributed by atoms with Crippen molar-refractivity contribution < 1.29 is 0 Å². The molecule has 2 heterocycles. The Balaban J connectivity index is 0.980. The van der Waals surface area contributed by atoms with E-state index in [1.165, 1.54) is 44.4 Å². The number of nitrogens with zero attached hydrogens (tertiary/aromatic N) is 4. The van der Waals surface area contributed by atoms with Crippen LogP contribution >= 0.6 is 11.7 Å². The molecule has 0 N–H and O–H groups in total. The average molecular weight is 871 g/mol. The van der Waals surface area contributed by atoms with Gasteiger partial charge in [0.1, 0.15) is 11.0 Å². The summed E-state index contributed by atoms with van der Waals surface area (Å²) in [5.41, 5.74) is 16.3. The number of aromatic nitrogens is 3. The van der Waals surface area contributed by atoms with Gasteiger partial charge in [0.2, 0.25) is 0 Å². The predicted octanol–water partition coefficient (Wildman–Crippen LogP) is 15.5. The predicted molar refractivity (Wildman–Crippen MR) is 280 cm³/mol. The van der Waals surface area contributed by atoms with Crippen molar-refractivity contribution >= 4 is 72.4 Å². The van der Waals surface area contributed by atoms with Crippen LogP contribution in [0.5, 0.6) is 0 Å². The van der Waals surface area contributed by atoms with Gasteiger partial charge in [0, 0.05) is 55.4 Å². The van der Waals surface area contributed by atoms with Gasteiger partial charge < -0.3 is 9.47 Å². The van der Waals surface area contributed by atoms with Crippen LogP contribution in [0, 0.1) is 23.7 Å². The maximum atomic E-state index is 5.01. The molecule has 0 radical (unpaired) electrons. The molecule has 0 aliphatic carbocycles. The second-order valence-corrected chi connectivity index (χ2v) is 16.9. The Bertz CT molecular complexity index is 3810. The van der Waals surface area contributed by atoms with Crippen LogP contribution in [0.3, 0.4) is 0 Å². The second kappa shape index (κ2) is 17.2. The van der Waals surface area contributed by atoms with Gasteiger partial charge in [-0.25, -0.2) is 0 Å². The molecular formula is C62H38N4S. The van der Waals surface area contributed by atoms with E-state index >= 15 is 0 Å². The zero-order valence-corrected chi connectivity index (χ0v) is 37.0. The summed E-state index contributed by atoms with van der Waals surface area (Å²) in [6.45, 7) is 0. The summed E-state index contributed by atoms with van der Waals surface area (Å²) in [6.07, 6.45) is 0. The van der Waals surface area contributed by atoms with Crippen molar-refractivity contribution in [2.24, 2.45) is 0 Å². The van der Waals surface area contributed by atoms with Crippen molar-refractivity contribution in [3.63, 3.8) is 0 Å². The number of para-hydroxylation sites is 1. The van der Waals surface area contributed by atoms with Crippen molar-refractivity contribution in [3.05, 3.63) is 253 Å². The zero-order chi connectivity index (χ0) is 44.5. The fourth-order valence-corrected chi connectivity index (χ4v) is 9.74. The summed E-state index contributed by atoms with van der Waals surface area (Å²) in [7, 11) is 0. The highest BCUT2D eigenvalue weighted by Crippen LogP contribution is 2.43. The number of hydrogen-bond donors (Lipinski definition) is 0. The van der Waals surface area contributed by atoms with E-state index in [0.29, 0.717) is 0 Å². The Morgan fingerprint density at radius 3 is 1.57 bits per heavy atom.